The van der Waals surface area contributed by atoms with Gasteiger partial charge in [-0.25, -0.2) is 13.1 Å². The van der Waals surface area contributed by atoms with Crippen LogP contribution in [0.1, 0.15) is 36.5 Å². The van der Waals surface area contributed by atoms with Gasteiger partial charge in [0.15, 0.2) is 0 Å². The molecule has 0 aliphatic rings. The molecule has 0 fully saturated rings. The summed E-state index contributed by atoms with van der Waals surface area (Å²) in [6, 6.07) is 11.4. The minimum absolute atomic E-state index is 0.329. The number of hydrogen-bond acceptors (Lipinski definition) is 4. The average molecular weight is 392 g/mol. The van der Waals surface area contributed by atoms with E-state index in [1.807, 2.05) is 24.3 Å². The standard InChI is InChI=1S/C21H29NO4S/c1-5-13-26-20-11-7-6-9-18(20)10-8-12-22-27(23,24)21-16(2)14-19(25-4)15-17(21)3/h6-7,9,11,14-15,22H,5,8,10,12-13H2,1-4H3. The highest BCUT2D eigenvalue weighted by atomic mass is 32.2. The van der Waals surface area contributed by atoms with Crippen LogP contribution in [-0.2, 0) is 16.4 Å². The lowest BCUT2D eigenvalue weighted by Gasteiger charge is -2.14. The van der Waals surface area contributed by atoms with Crippen molar-refractivity contribution in [2.45, 2.75) is 44.9 Å². The van der Waals surface area contributed by atoms with Gasteiger partial charge in [-0.2, -0.15) is 0 Å². The summed E-state index contributed by atoms with van der Waals surface area (Å²) < 4.78 is 39.1. The van der Waals surface area contributed by atoms with Gasteiger partial charge in [0.05, 0.1) is 18.6 Å². The summed E-state index contributed by atoms with van der Waals surface area (Å²) in [6.45, 7) is 6.69. The van der Waals surface area contributed by atoms with Gasteiger partial charge in [-0.1, -0.05) is 25.1 Å². The van der Waals surface area contributed by atoms with Crippen LogP contribution in [0.3, 0.4) is 0 Å². The van der Waals surface area contributed by atoms with Gasteiger partial charge >= 0.3 is 0 Å². The molecule has 2 aromatic carbocycles. The number of nitrogens with one attached hydrogen (secondary N) is 1. The number of rotatable bonds is 10. The molecule has 0 heterocycles. The molecule has 0 saturated heterocycles. The first-order valence-corrected chi connectivity index (χ1v) is 10.7. The molecular formula is C21H29NO4S. The molecule has 0 spiro atoms. The summed E-state index contributed by atoms with van der Waals surface area (Å²) in [7, 11) is -1.99. The Labute approximate surface area is 162 Å². The Morgan fingerprint density at radius 3 is 2.37 bits per heavy atom. The Bertz CT molecular complexity index is 839. The molecule has 0 bridgehead atoms. The molecule has 6 heteroatoms. The third-order valence-corrected chi connectivity index (χ3v) is 6.05. The summed E-state index contributed by atoms with van der Waals surface area (Å²) in [5.74, 6) is 1.54. The third kappa shape index (κ3) is 5.71. The molecule has 0 aromatic heterocycles. The van der Waals surface area contributed by atoms with Gasteiger partial charge in [0, 0.05) is 6.54 Å². The van der Waals surface area contributed by atoms with E-state index in [4.69, 9.17) is 9.47 Å². The first-order valence-electron chi connectivity index (χ1n) is 9.24. The molecule has 0 unspecified atom stereocenters. The number of benzene rings is 2. The molecule has 0 amide bonds. The van der Waals surface area contributed by atoms with Crippen LogP contribution >= 0.6 is 0 Å². The normalized spacial score (nSPS) is 11.4. The van der Waals surface area contributed by atoms with Crippen LogP contribution in [-0.4, -0.2) is 28.7 Å². The highest BCUT2D eigenvalue weighted by molar-refractivity contribution is 7.89. The zero-order valence-electron chi connectivity index (χ0n) is 16.5. The van der Waals surface area contributed by atoms with Gasteiger partial charge in [-0.3, -0.25) is 0 Å². The summed E-state index contributed by atoms with van der Waals surface area (Å²) in [4.78, 5) is 0.329. The van der Waals surface area contributed by atoms with Gasteiger partial charge < -0.3 is 9.47 Å². The van der Waals surface area contributed by atoms with Gasteiger partial charge in [0.25, 0.3) is 0 Å². The average Bonchev–Trinajstić information content (AvgIpc) is 2.63. The van der Waals surface area contributed by atoms with E-state index in [0.29, 0.717) is 41.3 Å². The summed E-state index contributed by atoms with van der Waals surface area (Å²) >= 11 is 0. The van der Waals surface area contributed by atoms with Gasteiger partial charge in [0.1, 0.15) is 11.5 Å². The second-order valence-electron chi connectivity index (χ2n) is 6.55. The zero-order chi connectivity index (χ0) is 19.9. The SMILES string of the molecule is CCCOc1ccccc1CCCNS(=O)(=O)c1c(C)cc(OC)cc1C. The van der Waals surface area contributed by atoms with E-state index in [-0.39, 0.29) is 0 Å². The maximum atomic E-state index is 12.7. The smallest absolute Gasteiger partial charge is 0.241 e. The third-order valence-electron chi connectivity index (χ3n) is 4.29. The van der Waals surface area contributed by atoms with Gasteiger partial charge in [-0.15, -0.1) is 0 Å². The monoisotopic (exact) mass is 391 g/mol. The minimum Gasteiger partial charge on any atom is -0.497 e. The van der Waals surface area contributed by atoms with Crippen LogP contribution in [0, 0.1) is 13.8 Å². The van der Waals surface area contributed by atoms with Crippen molar-refractivity contribution in [3.05, 3.63) is 53.1 Å². The highest BCUT2D eigenvalue weighted by Crippen LogP contribution is 2.25. The van der Waals surface area contributed by atoms with Crippen molar-refractivity contribution in [2.75, 3.05) is 20.3 Å². The number of ether oxygens (including phenoxy) is 2. The summed E-state index contributed by atoms with van der Waals surface area (Å²) in [6.07, 6.45) is 2.40. The largest absolute Gasteiger partial charge is 0.497 e. The van der Waals surface area contributed by atoms with Gasteiger partial charge in [0.2, 0.25) is 10.0 Å². The Hall–Kier alpha value is -2.05. The number of para-hydroxylation sites is 1. The topological polar surface area (TPSA) is 64.6 Å². The van der Waals surface area contributed by atoms with E-state index in [0.717, 1.165) is 24.2 Å². The fourth-order valence-electron chi connectivity index (χ4n) is 3.07. The maximum absolute atomic E-state index is 12.7. The number of sulfonamides is 1. The summed E-state index contributed by atoms with van der Waals surface area (Å²) in [5, 5.41) is 0. The molecule has 1 N–H and O–H groups in total. The van der Waals surface area contributed by atoms with Crippen LogP contribution in [0.25, 0.3) is 0 Å². The molecule has 0 saturated carbocycles. The van der Waals surface area contributed by atoms with Crippen molar-refractivity contribution in [1.29, 1.82) is 0 Å². The molecular weight excluding hydrogens is 362 g/mol. The van der Waals surface area contributed by atoms with Crippen molar-refractivity contribution in [1.82, 2.24) is 4.72 Å². The van der Waals surface area contributed by atoms with Crippen LogP contribution in [0.4, 0.5) is 0 Å². The Morgan fingerprint density at radius 1 is 1.07 bits per heavy atom. The van der Waals surface area contributed by atoms with Crippen LogP contribution in [0.5, 0.6) is 11.5 Å². The van der Waals surface area contributed by atoms with E-state index >= 15 is 0 Å². The Kier molecular flexibility index (Phi) is 7.68. The van der Waals surface area contributed by atoms with E-state index in [1.165, 1.54) is 0 Å². The molecule has 2 rings (SSSR count). The molecule has 0 radical (unpaired) electrons. The lowest BCUT2D eigenvalue weighted by molar-refractivity contribution is 0.314. The highest BCUT2D eigenvalue weighted by Gasteiger charge is 2.20. The van der Waals surface area contributed by atoms with Crippen LogP contribution < -0.4 is 14.2 Å². The number of aryl methyl sites for hydroxylation is 3. The van der Waals surface area contributed by atoms with E-state index in [9.17, 15) is 8.42 Å². The minimum atomic E-state index is -3.56. The lowest BCUT2D eigenvalue weighted by atomic mass is 10.1. The van der Waals surface area contributed by atoms with E-state index in [2.05, 4.69) is 11.6 Å². The Morgan fingerprint density at radius 2 is 1.74 bits per heavy atom. The second-order valence-corrected chi connectivity index (χ2v) is 8.25. The maximum Gasteiger partial charge on any atom is 0.241 e. The molecule has 0 atom stereocenters. The number of hydrogen-bond donors (Lipinski definition) is 1. The number of methoxy groups -OCH3 is 1. The van der Waals surface area contributed by atoms with Gasteiger partial charge in [-0.05, 0) is 68.0 Å². The molecule has 2 aromatic rings. The van der Waals surface area contributed by atoms with Crippen molar-refractivity contribution in [3.8, 4) is 11.5 Å². The zero-order valence-corrected chi connectivity index (χ0v) is 17.4. The van der Waals surface area contributed by atoms with Crippen molar-refractivity contribution in [2.24, 2.45) is 0 Å². The van der Waals surface area contributed by atoms with Crippen molar-refractivity contribution < 1.29 is 17.9 Å². The lowest BCUT2D eigenvalue weighted by Crippen LogP contribution is -2.26. The van der Waals surface area contributed by atoms with E-state index < -0.39 is 10.0 Å². The summed E-state index contributed by atoms with van der Waals surface area (Å²) in [5.41, 5.74) is 2.46. The predicted octanol–water partition coefficient (Wildman–Crippen LogP) is 4.01. The molecule has 0 aliphatic heterocycles. The molecule has 148 valence electrons. The fourth-order valence-corrected chi connectivity index (χ4v) is 4.60. The first-order chi connectivity index (χ1) is 12.9. The van der Waals surface area contributed by atoms with E-state index in [1.54, 1.807) is 33.1 Å². The quantitative estimate of drug-likeness (QED) is 0.622. The fraction of sp³-hybridized carbons (Fsp3) is 0.429. The Balaban J connectivity index is 1.99. The molecule has 27 heavy (non-hydrogen) atoms. The van der Waals surface area contributed by atoms with Crippen LogP contribution in [0.15, 0.2) is 41.3 Å². The predicted molar refractivity (Wildman–Crippen MR) is 108 cm³/mol. The molecule has 5 nitrogen and oxygen atoms in total. The van der Waals surface area contributed by atoms with Crippen molar-refractivity contribution in [3.63, 3.8) is 0 Å². The second kappa shape index (κ2) is 9.76. The van der Waals surface area contributed by atoms with Crippen molar-refractivity contribution >= 4 is 10.0 Å². The molecule has 0 aliphatic carbocycles. The first kappa shape index (κ1) is 21.3. The van der Waals surface area contributed by atoms with Crippen LogP contribution in [0.2, 0.25) is 0 Å².